The third-order valence-electron chi connectivity index (χ3n) is 5.47. The number of hydrogen-bond acceptors (Lipinski definition) is 1. The Kier molecular flexibility index (Phi) is 7.76. The van der Waals surface area contributed by atoms with E-state index in [0.29, 0.717) is 0 Å². The number of nitrogens with zero attached hydrogens (tertiary/aromatic N) is 1. The summed E-state index contributed by atoms with van der Waals surface area (Å²) in [5.74, 6) is 0. The van der Waals surface area contributed by atoms with Crippen molar-refractivity contribution in [1.82, 2.24) is 4.31 Å². The lowest BCUT2D eigenvalue weighted by Gasteiger charge is -2.41. The van der Waals surface area contributed by atoms with Gasteiger partial charge in [-0.2, -0.15) is 0 Å². The largest absolute Gasteiger partial charge is 0.242 e. The van der Waals surface area contributed by atoms with Crippen LogP contribution in [0.5, 0.6) is 0 Å². The van der Waals surface area contributed by atoms with Gasteiger partial charge < -0.3 is 0 Å². The average molecular weight is 466 g/mol. The van der Waals surface area contributed by atoms with Crippen molar-refractivity contribution in [3.8, 4) is 0 Å². The van der Waals surface area contributed by atoms with Crippen LogP contribution in [-0.2, 0) is 11.0 Å². The van der Waals surface area contributed by atoms with Gasteiger partial charge >= 0.3 is 0 Å². The van der Waals surface area contributed by atoms with Crippen molar-refractivity contribution in [3.05, 3.63) is 90.5 Å². The summed E-state index contributed by atoms with van der Waals surface area (Å²) < 4.78 is 15.3. The molecule has 0 aromatic heterocycles. The molecule has 2 nitrogen and oxygen atoms in total. The average Bonchev–Trinajstić information content (AvgIpc) is 2.74. The van der Waals surface area contributed by atoms with Crippen LogP contribution in [0, 0.1) is 5.41 Å². The normalized spacial score (nSPS) is 14.5. The summed E-state index contributed by atoms with van der Waals surface area (Å²) in [4.78, 5) is 0. The topological polar surface area (TPSA) is 20.3 Å². The minimum atomic E-state index is -1.13. The van der Waals surface area contributed by atoms with Gasteiger partial charge in [0, 0.05) is 7.05 Å². The van der Waals surface area contributed by atoms with E-state index in [1.807, 2.05) is 27.8 Å². The maximum atomic E-state index is 13.5. The molecular formula is C28H36NOPS. The SMILES string of the molecule is CN([C@H](c1ccccc1P(c1ccccc1)c1ccccc1)C(C)(C)C)[S@@](=O)C(C)(C)C. The van der Waals surface area contributed by atoms with E-state index in [-0.39, 0.29) is 16.2 Å². The molecular weight excluding hydrogens is 429 g/mol. The van der Waals surface area contributed by atoms with Crippen LogP contribution in [0.15, 0.2) is 84.9 Å². The third kappa shape index (κ3) is 5.57. The molecule has 0 saturated carbocycles. The summed E-state index contributed by atoms with van der Waals surface area (Å²) in [5.41, 5.74) is 1.17. The Morgan fingerprint density at radius 2 is 1.16 bits per heavy atom. The van der Waals surface area contributed by atoms with Gasteiger partial charge in [0.05, 0.1) is 10.8 Å². The van der Waals surface area contributed by atoms with Crippen LogP contribution in [0.4, 0.5) is 0 Å². The number of hydrogen-bond donors (Lipinski definition) is 0. The summed E-state index contributed by atoms with van der Waals surface area (Å²) in [6, 6.07) is 30.4. The molecule has 170 valence electrons. The first-order valence-electron chi connectivity index (χ1n) is 11.2. The van der Waals surface area contributed by atoms with Gasteiger partial charge in [-0.1, -0.05) is 106 Å². The minimum Gasteiger partial charge on any atom is -0.242 e. The molecule has 0 aliphatic rings. The van der Waals surface area contributed by atoms with E-state index in [9.17, 15) is 4.21 Å². The first-order chi connectivity index (χ1) is 15.0. The van der Waals surface area contributed by atoms with E-state index in [0.717, 1.165) is 0 Å². The predicted molar refractivity (Wildman–Crippen MR) is 143 cm³/mol. The summed E-state index contributed by atoms with van der Waals surface area (Å²) in [6.45, 7) is 12.9. The van der Waals surface area contributed by atoms with E-state index in [2.05, 4.69) is 110 Å². The van der Waals surface area contributed by atoms with E-state index >= 15 is 0 Å². The van der Waals surface area contributed by atoms with Crippen molar-refractivity contribution in [2.75, 3.05) is 7.05 Å². The van der Waals surface area contributed by atoms with Gasteiger partial charge in [-0.3, -0.25) is 0 Å². The molecule has 0 heterocycles. The number of benzene rings is 3. The molecule has 2 atom stereocenters. The highest BCUT2D eigenvalue weighted by atomic mass is 32.2. The molecule has 0 N–H and O–H groups in total. The lowest BCUT2D eigenvalue weighted by Crippen LogP contribution is -2.43. The molecule has 0 bridgehead atoms. The van der Waals surface area contributed by atoms with Crippen LogP contribution in [0.25, 0.3) is 0 Å². The highest BCUT2D eigenvalue weighted by Crippen LogP contribution is 2.43. The first kappa shape index (κ1) is 24.8. The van der Waals surface area contributed by atoms with Crippen molar-refractivity contribution in [2.45, 2.75) is 52.3 Å². The molecule has 3 aromatic carbocycles. The second kappa shape index (κ2) is 10.00. The number of rotatable bonds is 6. The predicted octanol–water partition coefficient (Wildman–Crippen LogP) is 5.93. The molecule has 0 spiro atoms. The molecule has 3 rings (SSSR count). The van der Waals surface area contributed by atoms with Crippen molar-refractivity contribution in [3.63, 3.8) is 0 Å². The Hall–Kier alpha value is -1.80. The highest BCUT2D eigenvalue weighted by molar-refractivity contribution is 7.84. The summed E-state index contributed by atoms with van der Waals surface area (Å²) in [6.07, 6.45) is 0. The summed E-state index contributed by atoms with van der Waals surface area (Å²) in [5, 5.41) is 3.99. The second-order valence-electron chi connectivity index (χ2n) is 10.2. The zero-order valence-electron chi connectivity index (χ0n) is 20.4. The molecule has 32 heavy (non-hydrogen) atoms. The van der Waals surface area contributed by atoms with E-state index in [4.69, 9.17) is 0 Å². The Balaban J connectivity index is 2.23. The lowest BCUT2D eigenvalue weighted by atomic mass is 9.82. The first-order valence-corrected chi connectivity index (χ1v) is 13.6. The smallest absolute Gasteiger partial charge is 0.100 e. The van der Waals surface area contributed by atoms with Crippen LogP contribution in [-0.4, -0.2) is 20.3 Å². The summed E-state index contributed by atoms with van der Waals surface area (Å²) in [7, 11) is 0.142. The van der Waals surface area contributed by atoms with Gasteiger partial charge in [0.1, 0.15) is 11.0 Å². The van der Waals surface area contributed by atoms with E-state index in [1.165, 1.54) is 21.5 Å². The third-order valence-corrected chi connectivity index (χ3v) is 9.77. The zero-order valence-corrected chi connectivity index (χ0v) is 22.1. The zero-order chi connectivity index (χ0) is 23.5. The molecule has 0 unspecified atom stereocenters. The van der Waals surface area contributed by atoms with Gasteiger partial charge in [-0.05, 0) is 55.6 Å². The Labute approximate surface area is 198 Å². The highest BCUT2D eigenvalue weighted by Gasteiger charge is 2.38. The Morgan fingerprint density at radius 3 is 1.59 bits per heavy atom. The lowest BCUT2D eigenvalue weighted by molar-refractivity contribution is 0.207. The molecule has 0 amide bonds. The van der Waals surface area contributed by atoms with Crippen LogP contribution < -0.4 is 15.9 Å². The molecule has 0 saturated heterocycles. The van der Waals surface area contributed by atoms with Crippen LogP contribution in [0.1, 0.15) is 53.1 Å². The van der Waals surface area contributed by atoms with Gasteiger partial charge in [-0.15, -0.1) is 0 Å². The van der Waals surface area contributed by atoms with Gasteiger partial charge in [0.2, 0.25) is 0 Å². The molecule has 3 aromatic rings. The van der Waals surface area contributed by atoms with Gasteiger partial charge in [0.25, 0.3) is 0 Å². The standard InChI is InChI=1S/C28H36NOPS/c1-27(2,3)26(29(7)32(30)28(4,5)6)24-20-14-15-21-25(24)31(22-16-10-8-11-17-22)23-18-12-9-13-19-23/h8-21,26H,1-7H3/t26-,32+/m1/s1. The molecule has 0 aliphatic carbocycles. The quantitative estimate of drug-likeness (QED) is 0.414. The minimum absolute atomic E-state index is 0.0104. The monoisotopic (exact) mass is 465 g/mol. The Morgan fingerprint density at radius 1 is 0.719 bits per heavy atom. The van der Waals surface area contributed by atoms with Crippen LogP contribution in [0.3, 0.4) is 0 Å². The fraction of sp³-hybridized carbons (Fsp3) is 0.357. The van der Waals surface area contributed by atoms with Crippen LogP contribution in [0.2, 0.25) is 0 Å². The molecule has 4 heteroatoms. The van der Waals surface area contributed by atoms with Gasteiger partial charge in [0.15, 0.2) is 0 Å². The maximum absolute atomic E-state index is 13.5. The van der Waals surface area contributed by atoms with E-state index in [1.54, 1.807) is 0 Å². The summed E-state index contributed by atoms with van der Waals surface area (Å²) >= 11 is 0. The molecule has 0 aliphatic heterocycles. The van der Waals surface area contributed by atoms with Crippen molar-refractivity contribution in [1.29, 1.82) is 0 Å². The fourth-order valence-corrected chi connectivity index (χ4v) is 8.21. The van der Waals surface area contributed by atoms with Crippen molar-refractivity contribution < 1.29 is 4.21 Å². The molecule has 0 radical (unpaired) electrons. The maximum Gasteiger partial charge on any atom is 0.100 e. The Bertz CT molecular complexity index is 999. The van der Waals surface area contributed by atoms with Crippen LogP contribution >= 0.6 is 7.92 Å². The van der Waals surface area contributed by atoms with Gasteiger partial charge in [-0.25, -0.2) is 8.51 Å². The fourth-order valence-electron chi connectivity index (χ4n) is 4.24. The van der Waals surface area contributed by atoms with Crippen molar-refractivity contribution in [2.24, 2.45) is 5.41 Å². The second-order valence-corrected chi connectivity index (χ2v) is 14.7. The molecule has 0 fully saturated rings. The van der Waals surface area contributed by atoms with E-state index < -0.39 is 18.9 Å². The van der Waals surface area contributed by atoms with Crippen molar-refractivity contribution >= 4 is 34.8 Å².